The van der Waals surface area contributed by atoms with Gasteiger partial charge in [-0.05, 0) is 72.6 Å². The van der Waals surface area contributed by atoms with Gasteiger partial charge in [-0.3, -0.25) is 4.90 Å². The van der Waals surface area contributed by atoms with E-state index in [9.17, 15) is 0 Å². The number of hydrogen-bond donors (Lipinski definition) is 0. The minimum atomic E-state index is -0.0260. The summed E-state index contributed by atoms with van der Waals surface area (Å²) in [6.45, 7) is 14.9. The van der Waals surface area contributed by atoms with Crippen molar-refractivity contribution in [2.24, 2.45) is 10.8 Å². The fraction of sp³-hybridized carbons (Fsp3) is 0.680. The van der Waals surface area contributed by atoms with Gasteiger partial charge in [0.15, 0.2) is 0 Å². The van der Waals surface area contributed by atoms with Crippen LogP contribution in [-0.4, -0.2) is 24.5 Å². The van der Waals surface area contributed by atoms with Gasteiger partial charge in [-0.2, -0.15) is 0 Å². The molecule has 2 heteroatoms. The molecule has 1 saturated carbocycles. The second kappa shape index (κ2) is 8.07. The Balaban J connectivity index is 1.89. The van der Waals surface area contributed by atoms with Crippen molar-refractivity contribution >= 4 is 5.57 Å². The second-order valence-electron chi connectivity index (χ2n) is 10.4. The van der Waals surface area contributed by atoms with Crippen molar-refractivity contribution in [1.82, 2.24) is 4.90 Å². The SMILES string of the molecule is CCCCN1CC=C(c2c(F)cccc2C2CC(C)(C)CC(C)(C)C2)CC1. The van der Waals surface area contributed by atoms with E-state index in [0.717, 1.165) is 44.5 Å². The Morgan fingerprint density at radius 2 is 1.81 bits per heavy atom. The number of halogens is 1. The lowest BCUT2D eigenvalue weighted by Crippen LogP contribution is -2.33. The van der Waals surface area contributed by atoms with E-state index < -0.39 is 0 Å². The van der Waals surface area contributed by atoms with Gasteiger partial charge in [0.05, 0.1) is 0 Å². The monoisotopic (exact) mass is 371 g/mol. The van der Waals surface area contributed by atoms with Crippen LogP contribution >= 0.6 is 0 Å². The van der Waals surface area contributed by atoms with Gasteiger partial charge in [-0.15, -0.1) is 0 Å². The molecule has 0 bridgehead atoms. The quantitative estimate of drug-likeness (QED) is 0.537. The molecule has 1 heterocycles. The molecule has 1 aliphatic heterocycles. The van der Waals surface area contributed by atoms with Crippen molar-refractivity contribution in [3.8, 4) is 0 Å². The molecule has 1 fully saturated rings. The maximum atomic E-state index is 15.0. The third kappa shape index (κ3) is 5.02. The third-order valence-electron chi connectivity index (χ3n) is 6.48. The molecule has 3 rings (SSSR count). The molecular formula is C25H38FN. The molecule has 0 saturated heterocycles. The van der Waals surface area contributed by atoms with Gasteiger partial charge in [-0.25, -0.2) is 4.39 Å². The van der Waals surface area contributed by atoms with Gasteiger partial charge in [0.25, 0.3) is 0 Å². The van der Waals surface area contributed by atoms with E-state index in [0.29, 0.717) is 16.7 Å². The highest BCUT2D eigenvalue weighted by Crippen LogP contribution is 2.52. The molecule has 1 aromatic rings. The van der Waals surface area contributed by atoms with Crippen molar-refractivity contribution in [2.75, 3.05) is 19.6 Å². The van der Waals surface area contributed by atoms with Crippen LogP contribution in [0.5, 0.6) is 0 Å². The van der Waals surface area contributed by atoms with Crippen molar-refractivity contribution in [3.05, 3.63) is 41.2 Å². The number of benzene rings is 1. The Hall–Kier alpha value is -1.15. The Kier molecular flexibility index (Phi) is 6.15. The van der Waals surface area contributed by atoms with Crippen LogP contribution in [0.4, 0.5) is 4.39 Å². The van der Waals surface area contributed by atoms with Gasteiger partial charge in [0.2, 0.25) is 0 Å². The van der Waals surface area contributed by atoms with Gasteiger partial charge in [-0.1, -0.05) is 59.2 Å². The Labute approximate surface area is 166 Å². The smallest absolute Gasteiger partial charge is 0.130 e. The number of rotatable bonds is 5. The number of nitrogens with zero attached hydrogens (tertiary/aromatic N) is 1. The van der Waals surface area contributed by atoms with E-state index in [4.69, 9.17) is 0 Å². The highest BCUT2D eigenvalue weighted by atomic mass is 19.1. The average molecular weight is 372 g/mol. The first-order valence-electron chi connectivity index (χ1n) is 10.9. The predicted octanol–water partition coefficient (Wildman–Crippen LogP) is 7.03. The maximum Gasteiger partial charge on any atom is 0.130 e. The van der Waals surface area contributed by atoms with Crippen LogP contribution in [0.25, 0.3) is 5.57 Å². The minimum absolute atomic E-state index is 0.0260. The van der Waals surface area contributed by atoms with Gasteiger partial charge >= 0.3 is 0 Å². The van der Waals surface area contributed by atoms with E-state index in [2.05, 4.69) is 51.7 Å². The summed E-state index contributed by atoms with van der Waals surface area (Å²) >= 11 is 0. The zero-order valence-corrected chi connectivity index (χ0v) is 18.1. The summed E-state index contributed by atoms with van der Waals surface area (Å²) in [4.78, 5) is 2.50. The van der Waals surface area contributed by atoms with Crippen molar-refractivity contribution in [3.63, 3.8) is 0 Å². The molecule has 1 nitrogen and oxygen atoms in total. The molecule has 0 unspecified atom stereocenters. The lowest BCUT2D eigenvalue weighted by Gasteiger charge is -2.45. The lowest BCUT2D eigenvalue weighted by molar-refractivity contribution is 0.0967. The zero-order chi connectivity index (χ0) is 19.7. The third-order valence-corrected chi connectivity index (χ3v) is 6.48. The van der Waals surface area contributed by atoms with Crippen LogP contribution in [-0.2, 0) is 0 Å². The highest BCUT2D eigenvalue weighted by Gasteiger charge is 2.40. The molecule has 150 valence electrons. The molecule has 0 amide bonds. The van der Waals surface area contributed by atoms with Crippen molar-refractivity contribution in [2.45, 2.75) is 79.1 Å². The summed E-state index contributed by atoms with van der Waals surface area (Å²) in [7, 11) is 0. The molecule has 1 aromatic carbocycles. The fourth-order valence-electron chi connectivity index (χ4n) is 5.81. The van der Waals surface area contributed by atoms with Gasteiger partial charge in [0, 0.05) is 18.7 Å². The molecule has 1 aliphatic carbocycles. The summed E-state index contributed by atoms with van der Waals surface area (Å²) < 4.78 is 15.0. The van der Waals surface area contributed by atoms with E-state index in [1.165, 1.54) is 30.4 Å². The summed E-state index contributed by atoms with van der Waals surface area (Å²) in [5, 5.41) is 0. The topological polar surface area (TPSA) is 3.24 Å². The molecule has 0 atom stereocenters. The molecule has 0 N–H and O–H groups in total. The van der Waals surface area contributed by atoms with Crippen LogP contribution in [0.1, 0.15) is 90.2 Å². The normalized spacial score (nSPS) is 23.3. The molecule has 0 radical (unpaired) electrons. The Morgan fingerprint density at radius 1 is 1.11 bits per heavy atom. The van der Waals surface area contributed by atoms with Crippen molar-refractivity contribution in [1.29, 1.82) is 0 Å². The van der Waals surface area contributed by atoms with Crippen molar-refractivity contribution < 1.29 is 4.39 Å². The van der Waals surface area contributed by atoms with Gasteiger partial charge in [0.1, 0.15) is 5.82 Å². The standard InChI is InChI=1S/C25H38FN/c1-6-7-13-27-14-11-19(12-15-27)23-21(9-8-10-22(23)26)20-16-24(2,3)18-25(4,5)17-20/h8-11,20H,6-7,12-18H2,1-5H3. The second-order valence-corrected chi connectivity index (χ2v) is 10.4. The molecule has 27 heavy (non-hydrogen) atoms. The minimum Gasteiger partial charge on any atom is -0.299 e. The van der Waals surface area contributed by atoms with E-state index in [1.807, 2.05) is 6.07 Å². The van der Waals surface area contributed by atoms with Crippen LogP contribution in [0, 0.1) is 16.6 Å². The number of unbranched alkanes of at least 4 members (excludes halogenated alkanes) is 1. The first kappa shape index (κ1) is 20.6. The van der Waals surface area contributed by atoms with E-state index >= 15 is 4.39 Å². The molecule has 2 aliphatic rings. The maximum absolute atomic E-state index is 15.0. The first-order chi connectivity index (χ1) is 12.7. The van der Waals surface area contributed by atoms with Crippen LogP contribution in [0.3, 0.4) is 0 Å². The van der Waals surface area contributed by atoms with Crippen LogP contribution < -0.4 is 0 Å². The molecule has 0 spiro atoms. The van der Waals surface area contributed by atoms with Crippen LogP contribution in [0.2, 0.25) is 0 Å². The first-order valence-corrected chi connectivity index (χ1v) is 10.9. The number of hydrogen-bond acceptors (Lipinski definition) is 1. The Bertz CT molecular complexity index is 670. The van der Waals surface area contributed by atoms with E-state index in [1.54, 1.807) is 6.07 Å². The fourth-order valence-corrected chi connectivity index (χ4v) is 5.81. The van der Waals surface area contributed by atoms with Crippen LogP contribution in [0.15, 0.2) is 24.3 Å². The lowest BCUT2D eigenvalue weighted by atomic mass is 9.59. The summed E-state index contributed by atoms with van der Waals surface area (Å²) in [5.41, 5.74) is 4.04. The summed E-state index contributed by atoms with van der Waals surface area (Å²) in [5.74, 6) is 0.426. The highest BCUT2D eigenvalue weighted by molar-refractivity contribution is 5.70. The zero-order valence-electron chi connectivity index (χ0n) is 18.1. The van der Waals surface area contributed by atoms with E-state index in [-0.39, 0.29) is 5.82 Å². The van der Waals surface area contributed by atoms with Gasteiger partial charge < -0.3 is 0 Å². The largest absolute Gasteiger partial charge is 0.299 e. The Morgan fingerprint density at radius 3 is 2.41 bits per heavy atom. The predicted molar refractivity (Wildman–Crippen MR) is 114 cm³/mol. The summed E-state index contributed by atoms with van der Waals surface area (Å²) in [6.07, 6.45) is 9.30. The summed E-state index contributed by atoms with van der Waals surface area (Å²) in [6, 6.07) is 5.77. The molecular weight excluding hydrogens is 333 g/mol. The molecule has 0 aromatic heterocycles. The average Bonchev–Trinajstić information content (AvgIpc) is 2.57.